The van der Waals surface area contributed by atoms with Gasteiger partial charge < -0.3 is 5.32 Å². The Morgan fingerprint density at radius 1 is 1.64 bits per heavy atom. The van der Waals surface area contributed by atoms with Crippen LogP contribution >= 0.6 is 11.3 Å². The Morgan fingerprint density at radius 2 is 2.57 bits per heavy atom. The van der Waals surface area contributed by atoms with E-state index in [1.165, 1.54) is 11.3 Å². The first-order valence-electron chi connectivity index (χ1n) is 4.35. The number of rotatable bonds is 2. The highest BCUT2D eigenvalue weighted by molar-refractivity contribution is 7.13. The fourth-order valence-corrected chi connectivity index (χ4v) is 1.65. The van der Waals surface area contributed by atoms with E-state index in [9.17, 15) is 4.79 Å². The van der Waals surface area contributed by atoms with Gasteiger partial charge in [0.25, 0.3) is 5.91 Å². The summed E-state index contributed by atoms with van der Waals surface area (Å²) < 4.78 is 0. The van der Waals surface area contributed by atoms with Gasteiger partial charge in [0.15, 0.2) is 11.0 Å². The van der Waals surface area contributed by atoms with Crippen LogP contribution in [0, 0.1) is 0 Å². The molecular weight excluding hydrogens is 200 g/mol. The number of amides is 1. The van der Waals surface area contributed by atoms with Gasteiger partial charge >= 0.3 is 0 Å². The molecule has 1 aromatic rings. The summed E-state index contributed by atoms with van der Waals surface area (Å²) in [5.41, 5.74) is 0. The van der Waals surface area contributed by atoms with Crippen molar-refractivity contribution < 1.29 is 4.79 Å². The van der Waals surface area contributed by atoms with E-state index >= 15 is 0 Å². The molecule has 0 aromatic carbocycles. The highest BCUT2D eigenvalue weighted by atomic mass is 32.1. The summed E-state index contributed by atoms with van der Waals surface area (Å²) in [5.74, 6) is 0.200. The minimum Gasteiger partial charge on any atom is -0.366 e. The molecule has 0 bridgehead atoms. The van der Waals surface area contributed by atoms with Crippen molar-refractivity contribution in [3.63, 3.8) is 0 Å². The number of aromatic nitrogens is 1. The van der Waals surface area contributed by atoms with Crippen LogP contribution in [0.5, 0.6) is 0 Å². The molecule has 0 saturated carbocycles. The van der Waals surface area contributed by atoms with E-state index in [-0.39, 0.29) is 5.91 Å². The second kappa shape index (κ2) is 4.19. The average molecular weight is 210 g/mol. The van der Waals surface area contributed by atoms with Crippen molar-refractivity contribution in [3.05, 3.63) is 11.6 Å². The van der Waals surface area contributed by atoms with Crippen molar-refractivity contribution in [2.75, 3.05) is 18.4 Å². The molecule has 0 radical (unpaired) electrons. The summed E-state index contributed by atoms with van der Waals surface area (Å²) in [6.45, 7) is 1.53. The molecule has 2 heterocycles. The SMILES string of the molecule is O=C(Nc1nccs1)C1=NCCCN1. The second-order valence-electron chi connectivity index (χ2n) is 2.80. The fraction of sp³-hybridized carbons (Fsp3) is 0.375. The molecule has 1 aliphatic heterocycles. The van der Waals surface area contributed by atoms with Gasteiger partial charge in [0, 0.05) is 24.7 Å². The van der Waals surface area contributed by atoms with Crippen LogP contribution in [-0.2, 0) is 4.79 Å². The van der Waals surface area contributed by atoms with E-state index < -0.39 is 0 Å². The highest BCUT2D eigenvalue weighted by Gasteiger charge is 2.14. The number of hydrogen-bond donors (Lipinski definition) is 2. The van der Waals surface area contributed by atoms with E-state index in [1.807, 2.05) is 5.38 Å². The van der Waals surface area contributed by atoms with Gasteiger partial charge in [-0.1, -0.05) is 0 Å². The average Bonchev–Trinajstić information content (AvgIpc) is 2.72. The lowest BCUT2D eigenvalue weighted by molar-refractivity contribution is -0.110. The Morgan fingerprint density at radius 3 is 3.21 bits per heavy atom. The Hall–Kier alpha value is -1.43. The number of nitrogens with one attached hydrogen (secondary N) is 2. The third-order valence-corrected chi connectivity index (χ3v) is 2.45. The lowest BCUT2D eigenvalue weighted by atomic mass is 10.3. The van der Waals surface area contributed by atoms with Crippen molar-refractivity contribution in [2.45, 2.75) is 6.42 Å². The number of hydrogen-bond acceptors (Lipinski definition) is 5. The van der Waals surface area contributed by atoms with E-state index in [2.05, 4.69) is 20.6 Å². The number of anilines is 1. The first-order valence-corrected chi connectivity index (χ1v) is 5.23. The molecule has 14 heavy (non-hydrogen) atoms. The number of thiazole rings is 1. The molecule has 1 amide bonds. The van der Waals surface area contributed by atoms with Crippen molar-refractivity contribution in [1.82, 2.24) is 10.3 Å². The highest BCUT2D eigenvalue weighted by Crippen LogP contribution is 2.09. The molecule has 1 aromatic heterocycles. The lowest BCUT2D eigenvalue weighted by Gasteiger charge is -2.12. The summed E-state index contributed by atoms with van der Waals surface area (Å²) >= 11 is 1.39. The minimum absolute atomic E-state index is 0.209. The molecule has 0 atom stereocenters. The third-order valence-electron chi connectivity index (χ3n) is 1.77. The first kappa shape index (κ1) is 9.14. The summed E-state index contributed by atoms with van der Waals surface area (Å²) in [4.78, 5) is 19.6. The maximum atomic E-state index is 11.5. The number of amidine groups is 1. The maximum absolute atomic E-state index is 11.5. The number of carbonyl (C=O) groups excluding carboxylic acids is 1. The van der Waals surface area contributed by atoms with Gasteiger partial charge in [0.05, 0.1) is 0 Å². The van der Waals surface area contributed by atoms with Gasteiger partial charge in [0.2, 0.25) is 0 Å². The van der Waals surface area contributed by atoms with Crippen LogP contribution in [0.15, 0.2) is 16.6 Å². The summed E-state index contributed by atoms with van der Waals surface area (Å²) in [5, 5.41) is 8.03. The molecule has 74 valence electrons. The quantitative estimate of drug-likeness (QED) is 0.745. The molecule has 1 aliphatic rings. The van der Waals surface area contributed by atoms with Gasteiger partial charge in [0.1, 0.15) is 0 Å². The molecule has 0 saturated heterocycles. The molecule has 0 unspecified atom stereocenters. The number of nitrogens with zero attached hydrogens (tertiary/aromatic N) is 2. The van der Waals surface area contributed by atoms with E-state index in [0.717, 1.165) is 13.0 Å². The normalized spacial score (nSPS) is 15.6. The van der Waals surface area contributed by atoms with Crippen LogP contribution in [0.2, 0.25) is 0 Å². The predicted octanol–water partition coefficient (Wildman–Crippen LogP) is 0.473. The largest absolute Gasteiger partial charge is 0.366 e. The maximum Gasteiger partial charge on any atom is 0.292 e. The third kappa shape index (κ3) is 2.08. The van der Waals surface area contributed by atoms with Crippen molar-refractivity contribution in [3.8, 4) is 0 Å². The number of carbonyl (C=O) groups is 1. The Bertz CT molecular complexity index is 346. The molecule has 6 heteroatoms. The lowest BCUT2D eigenvalue weighted by Crippen LogP contribution is -2.39. The fourth-order valence-electron chi connectivity index (χ4n) is 1.13. The monoisotopic (exact) mass is 210 g/mol. The Kier molecular flexibility index (Phi) is 2.73. The van der Waals surface area contributed by atoms with E-state index in [4.69, 9.17) is 0 Å². The standard InChI is InChI=1S/C8H10N4OS/c13-7(6-9-2-1-3-10-6)12-8-11-4-5-14-8/h4-5H,1-3H2,(H,9,10)(H,11,12,13). The van der Waals surface area contributed by atoms with E-state index in [0.29, 0.717) is 17.5 Å². The van der Waals surface area contributed by atoms with E-state index in [1.54, 1.807) is 6.20 Å². The molecule has 0 aliphatic carbocycles. The van der Waals surface area contributed by atoms with Gasteiger partial charge in [-0.3, -0.25) is 15.1 Å². The molecule has 2 rings (SSSR count). The molecule has 2 N–H and O–H groups in total. The van der Waals surface area contributed by atoms with Crippen LogP contribution in [0.1, 0.15) is 6.42 Å². The van der Waals surface area contributed by atoms with Gasteiger partial charge in [-0.05, 0) is 6.42 Å². The first-order chi connectivity index (χ1) is 6.86. The van der Waals surface area contributed by atoms with Crippen LogP contribution in [0.4, 0.5) is 5.13 Å². The summed E-state index contributed by atoms with van der Waals surface area (Å²) in [7, 11) is 0. The zero-order chi connectivity index (χ0) is 9.80. The molecular formula is C8H10N4OS. The molecule has 5 nitrogen and oxygen atoms in total. The Labute approximate surface area is 85.3 Å². The zero-order valence-electron chi connectivity index (χ0n) is 7.49. The van der Waals surface area contributed by atoms with Crippen molar-refractivity contribution in [2.24, 2.45) is 4.99 Å². The van der Waals surface area contributed by atoms with Crippen LogP contribution in [0.3, 0.4) is 0 Å². The summed E-state index contributed by atoms with van der Waals surface area (Å²) in [6.07, 6.45) is 2.63. The Balaban J connectivity index is 1.98. The minimum atomic E-state index is -0.209. The van der Waals surface area contributed by atoms with Gasteiger partial charge in [-0.25, -0.2) is 4.98 Å². The predicted molar refractivity (Wildman–Crippen MR) is 55.7 cm³/mol. The van der Waals surface area contributed by atoms with Crippen molar-refractivity contribution >= 4 is 28.2 Å². The van der Waals surface area contributed by atoms with Gasteiger partial charge in [-0.2, -0.15) is 0 Å². The zero-order valence-corrected chi connectivity index (χ0v) is 8.30. The number of aliphatic imine (C=N–C) groups is 1. The molecule has 0 spiro atoms. The van der Waals surface area contributed by atoms with Crippen LogP contribution < -0.4 is 10.6 Å². The molecule has 0 fully saturated rings. The van der Waals surface area contributed by atoms with Crippen LogP contribution in [-0.4, -0.2) is 29.8 Å². The summed E-state index contributed by atoms with van der Waals surface area (Å²) in [6, 6.07) is 0. The smallest absolute Gasteiger partial charge is 0.292 e. The second-order valence-corrected chi connectivity index (χ2v) is 3.70. The topological polar surface area (TPSA) is 66.4 Å². The van der Waals surface area contributed by atoms with Crippen molar-refractivity contribution in [1.29, 1.82) is 0 Å². The van der Waals surface area contributed by atoms with Crippen LogP contribution in [0.25, 0.3) is 0 Å². The van der Waals surface area contributed by atoms with Gasteiger partial charge in [-0.15, -0.1) is 11.3 Å².